The van der Waals surface area contributed by atoms with Gasteiger partial charge < -0.3 is 8.83 Å². The predicted octanol–water partition coefficient (Wildman–Crippen LogP) is 8.56. The number of hydrogen-bond donors (Lipinski definition) is 0. The minimum Gasteiger partial charge on any atom is -0.452 e. The van der Waals surface area contributed by atoms with Gasteiger partial charge in [0.2, 0.25) is 0 Å². The zero-order valence-corrected chi connectivity index (χ0v) is 19.6. The van der Waals surface area contributed by atoms with E-state index in [-0.39, 0.29) is 0 Å². The van der Waals surface area contributed by atoms with E-state index in [1.807, 2.05) is 18.2 Å². The van der Waals surface area contributed by atoms with E-state index >= 15 is 0 Å². The first-order valence-electron chi connectivity index (χ1n) is 12.1. The van der Waals surface area contributed by atoms with Gasteiger partial charge in [0, 0.05) is 21.5 Å². The summed E-state index contributed by atoms with van der Waals surface area (Å²) in [6.45, 7) is 2.16. The first-order valence-corrected chi connectivity index (χ1v) is 12.1. The molecule has 2 aromatic heterocycles. The molecule has 2 nitrogen and oxygen atoms in total. The predicted molar refractivity (Wildman–Crippen MR) is 152 cm³/mol. The Morgan fingerprint density at radius 2 is 0.917 bits per heavy atom. The Hall–Kier alpha value is -4.50. The largest absolute Gasteiger partial charge is 0.452 e. The summed E-state index contributed by atoms with van der Waals surface area (Å²) in [5.74, 6) is 1.42. The molecule has 6 aromatic carbocycles. The highest BCUT2D eigenvalue weighted by Gasteiger charge is 2.17. The Labute approximate surface area is 208 Å². The van der Waals surface area contributed by atoms with Gasteiger partial charge in [-0.25, -0.2) is 0 Å². The fourth-order valence-electron chi connectivity index (χ4n) is 5.67. The van der Waals surface area contributed by atoms with Crippen molar-refractivity contribution in [1.82, 2.24) is 0 Å². The van der Waals surface area contributed by atoms with Crippen molar-refractivity contribution < 1.29 is 8.83 Å². The minimum atomic E-state index is 0.702. The van der Waals surface area contributed by atoms with Crippen LogP contribution < -0.4 is 5.46 Å². The third kappa shape index (κ3) is 2.74. The molecule has 0 aliphatic rings. The van der Waals surface area contributed by atoms with E-state index in [0.29, 0.717) is 11.5 Å². The number of hydrogen-bond acceptors (Lipinski definition) is 2. The molecule has 0 amide bonds. The molecule has 8 rings (SSSR count). The lowest BCUT2D eigenvalue weighted by Gasteiger charge is -2.06. The topological polar surface area (TPSA) is 26.3 Å². The quantitative estimate of drug-likeness (QED) is 0.182. The summed E-state index contributed by atoms with van der Waals surface area (Å²) < 4.78 is 13.0. The van der Waals surface area contributed by atoms with Crippen LogP contribution in [0, 0.1) is 6.92 Å². The van der Waals surface area contributed by atoms with E-state index < -0.39 is 0 Å². The molecule has 0 fully saturated rings. The van der Waals surface area contributed by atoms with E-state index in [1.165, 1.54) is 21.7 Å². The Morgan fingerprint density at radius 1 is 0.472 bits per heavy atom. The second kappa shape index (κ2) is 7.02. The van der Waals surface area contributed by atoms with Gasteiger partial charge in [0.15, 0.2) is 11.5 Å². The lowest BCUT2D eigenvalue weighted by Crippen LogP contribution is -2.03. The minimum absolute atomic E-state index is 0.702. The van der Waals surface area contributed by atoms with Gasteiger partial charge in [-0.3, -0.25) is 0 Å². The molecule has 36 heavy (non-hydrogen) atoms. The number of furan rings is 2. The van der Waals surface area contributed by atoms with Crippen LogP contribution in [0.3, 0.4) is 0 Å². The van der Waals surface area contributed by atoms with Gasteiger partial charge >= 0.3 is 0 Å². The highest BCUT2D eigenvalue weighted by molar-refractivity contribution is 6.41. The summed E-state index contributed by atoms with van der Waals surface area (Å²) in [7, 11) is 6.48. The number of rotatable bonds is 1. The second-order valence-electron chi connectivity index (χ2n) is 9.71. The molecule has 0 atom stereocenters. The SMILES string of the molecule is [B]c1cc2cc(-c3cc4cc(C)c5cc6ccccc6cc5c4o3)oc2c2cc3ccccc3cc12. The molecule has 0 aliphatic carbocycles. The fraction of sp³-hybridized carbons (Fsp3) is 0.0303. The summed E-state index contributed by atoms with van der Waals surface area (Å²) in [6.07, 6.45) is 0. The monoisotopic (exact) mass is 458 g/mol. The van der Waals surface area contributed by atoms with Crippen LogP contribution in [0.2, 0.25) is 0 Å². The Balaban J connectivity index is 1.38. The maximum atomic E-state index is 6.49. The smallest absolute Gasteiger partial charge is 0.170 e. The highest BCUT2D eigenvalue weighted by atomic mass is 16.4. The molecular weight excluding hydrogens is 439 g/mol. The lowest BCUT2D eigenvalue weighted by molar-refractivity contribution is 0.572. The van der Waals surface area contributed by atoms with Crippen molar-refractivity contribution >= 4 is 78.3 Å². The maximum Gasteiger partial charge on any atom is 0.170 e. The fourth-order valence-corrected chi connectivity index (χ4v) is 5.67. The van der Waals surface area contributed by atoms with Crippen LogP contribution in [0.25, 0.3) is 76.5 Å². The number of aryl methyl sites for hydroxylation is 1. The summed E-state index contributed by atoms with van der Waals surface area (Å²) in [6, 6.07) is 33.8. The van der Waals surface area contributed by atoms with Gasteiger partial charge in [0.1, 0.15) is 19.0 Å². The van der Waals surface area contributed by atoms with E-state index in [2.05, 4.69) is 85.8 Å². The van der Waals surface area contributed by atoms with Crippen molar-refractivity contribution in [2.24, 2.45) is 0 Å². The third-order valence-corrected chi connectivity index (χ3v) is 7.44. The van der Waals surface area contributed by atoms with Crippen LogP contribution in [-0.4, -0.2) is 7.85 Å². The molecule has 0 spiro atoms. The molecule has 0 N–H and O–H groups in total. The van der Waals surface area contributed by atoms with Crippen LogP contribution in [0.4, 0.5) is 0 Å². The van der Waals surface area contributed by atoms with Gasteiger partial charge in [-0.2, -0.15) is 0 Å². The highest BCUT2D eigenvalue weighted by Crippen LogP contribution is 2.39. The number of benzene rings is 6. The standard InChI is InChI=1S/C33H19BO2/c1-18-10-23-16-30(35-32(23)27-13-21-8-4-2-6-19(21)11-25(18)27)31-17-24-15-29(34)26-12-20-7-3-5-9-22(20)14-28(26)33(24)36-31/h2-17H,1H3. The van der Waals surface area contributed by atoms with Crippen LogP contribution in [0.1, 0.15) is 5.56 Å². The van der Waals surface area contributed by atoms with Crippen molar-refractivity contribution in [3.8, 4) is 11.5 Å². The van der Waals surface area contributed by atoms with Gasteiger partial charge in [0.25, 0.3) is 0 Å². The Morgan fingerprint density at radius 3 is 1.47 bits per heavy atom. The van der Waals surface area contributed by atoms with Crippen LogP contribution in [0.15, 0.2) is 106 Å². The Kier molecular flexibility index (Phi) is 3.86. The lowest BCUT2D eigenvalue weighted by atomic mass is 9.87. The molecule has 0 saturated carbocycles. The van der Waals surface area contributed by atoms with E-state index in [4.69, 9.17) is 16.7 Å². The molecule has 0 aliphatic heterocycles. The van der Waals surface area contributed by atoms with Crippen LogP contribution in [0.5, 0.6) is 0 Å². The van der Waals surface area contributed by atoms with E-state index in [9.17, 15) is 0 Å². The first kappa shape index (κ1) is 19.8. The van der Waals surface area contributed by atoms with Crippen molar-refractivity contribution in [3.05, 3.63) is 103 Å². The molecule has 0 unspecified atom stereocenters. The van der Waals surface area contributed by atoms with Gasteiger partial charge in [0.05, 0.1) is 0 Å². The first-order chi connectivity index (χ1) is 17.6. The van der Waals surface area contributed by atoms with Crippen molar-refractivity contribution in [2.75, 3.05) is 0 Å². The maximum absolute atomic E-state index is 6.49. The normalized spacial score (nSPS) is 12.1. The van der Waals surface area contributed by atoms with Gasteiger partial charge in [-0.1, -0.05) is 60.1 Å². The van der Waals surface area contributed by atoms with Crippen LogP contribution in [-0.2, 0) is 0 Å². The summed E-state index contributed by atoms with van der Waals surface area (Å²) in [5, 5.41) is 11.1. The van der Waals surface area contributed by atoms with Crippen molar-refractivity contribution in [3.63, 3.8) is 0 Å². The molecule has 2 heterocycles. The van der Waals surface area contributed by atoms with Crippen molar-refractivity contribution in [2.45, 2.75) is 6.92 Å². The molecular formula is C33H19BO2. The molecule has 3 heteroatoms. The molecule has 166 valence electrons. The average Bonchev–Trinajstić information content (AvgIpc) is 3.52. The molecule has 8 aromatic rings. The second-order valence-corrected chi connectivity index (χ2v) is 9.71. The summed E-state index contributed by atoms with van der Waals surface area (Å²) in [5.41, 5.74) is 3.68. The van der Waals surface area contributed by atoms with Gasteiger partial charge in [-0.15, -0.1) is 0 Å². The summed E-state index contributed by atoms with van der Waals surface area (Å²) >= 11 is 0. The average molecular weight is 458 g/mol. The molecule has 0 saturated heterocycles. The third-order valence-electron chi connectivity index (χ3n) is 7.44. The zero-order valence-electron chi connectivity index (χ0n) is 19.6. The van der Waals surface area contributed by atoms with E-state index in [1.54, 1.807) is 0 Å². The van der Waals surface area contributed by atoms with E-state index in [0.717, 1.165) is 54.3 Å². The molecule has 0 bridgehead atoms. The van der Waals surface area contributed by atoms with Crippen molar-refractivity contribution in [1.29, 1.82) is 0 Å². The number of fused-ring (bicyclic) bond motifs is 8. The zero-order chi connectivity index (χ0) is 24.0. The summed E-state index contributed by atoms with van der Waals surface area (Å²) in [4.78, 5) is 0. The Bertz CT molecular complexity index is 2020. The van der Waals surface area contributed by atoms with Crippen LogP contribution >= 0.6 is 0 Å². The van der Waals surface area contributed by atoms with Gasteiger partial charge in [-0.05, 0) is 87.3 Å². The molecule has 2 radical (unpaired) electrons.